The molecule has 3 saturated carbocycles. The molecule has 0 amide bonds. The Bertz CT molecular complexity index is 2900. The Labute approximate surface area is 352 Å². The van der Waals surface area contributed by atoms with Crippen molar-refractivity contribution in [1.29, 1.82) is 0 Å². The fourth-order valence-electron chi connectivity index (χ4n) is 9.11. The number of aromatic amines is 3. The number of rotatable bonds is 13. The molecule has 0 saturated heterocycles. The standard InChI is InChI=1S/C36H41N15O7Si3/c1-13-16(7-52)22(4-19(13)49-10-40-25-28(49)43-34(37)46-31(25)54)59-57-9-18-15(3)21(51-12-42-27-30(51)45-36(39)48-33(27)56)6-24(18)61-58-60-23-5-20(14(2)17(23)8-53)50-11-41-26-29(50)44-35(38)47-32(26)55/h10-12,16-24,52-53H,1-9H2,(H3,37,43,46,54)(H3,38,44,47,55)(H3,39,45,48,56)/q-3/t16-,17-,18-,19-,20-,21-,22-,23-,24-/m0/s1. The van der Waals surface area contributed by atoms with Gasteiger partial charge in [0.15, 0.2) is 33.5 Å². The molecule has 3 fully saturated rings. The van der Waals surface area contributed by atoms with Crippen molar-refractivity contribution in [2.24, 2.45) is 17.8 Å². The van der Waals surface area contributed by atoms with Gasteiger partial charge in [-0.15, -0.1) is 0 Å². The lowest BCUT2D eigenvalue weighted by molar-refractivity contribution is 0.234. The topological polar surface area (TPSA) is 328 Å². The van der Waals surface area contributed by atoms with Crippen molar-refractivity contribution >= 4 is 80.6 Å². The fourth-order valence-corrected chi connectivity index (χ4v) is 13.5. The molecule has 11 N–H and O–H groups in total. The molecule has 317 valence electrons. The number of nitrogens with two attached hydrogens (primary N) is 3. The predicted molar refractivity (Wildman–Crippen MR) is 226 cm³/mol. The molecular formula is C36H41N15O7Si3-3. The van der Waals surface area contributed by atoms with Crippen LogP contribution in [0, 0.1) is 17.8 Å². The molecule has 22 nitrogen and oxygen atoms in total. The Hall–Kier alpha value is -5.84. The second-order valence-corrected chi connectivity index (χ2v) is 19.6. The highest BCUT2D eigenvalue weighted by Crippen LogP contribution is 2.50. The predicted octanol–water partition coefficient (Wildman–Crippen LogP) is -0.275. The number of H-pyrrole nitrogens is 3. The highest BCUT2D eigenvalue weighted by atomic mass is 28.3. The van der Waals surface area contributed by atoms with Crippen LogP contribution in [0.15, 0.2) is 69.8 Å². The second-order valence-electron chi connectivity index (χ2n) is 15.6. The highest BCUT2D eigenvalue weighted by molar-refractivity contribution is 6.45. The molecule has 0 bridgehead atoms. The summed E-state index contributed by atoms with van der Waals surface area (Å²) in [6.07, 6.45) is 6.43. The maximum Gasteiger partial charge on any atom is 0.280 e. The van der Waals surface area contributed by atoms with Crippen molar-refractivity contribution in [3.05, 3.63) is 86.5 Å². The molecule has 6 aromatic heterocycles. The van der Waals surface area contributed by atoms with E-state index in [1.807, 2.05) is 4.57 Å². The van der Waals surface area contributed by atoms with E-state index in [2.05, 4.69) is 64.6 Å². The van der Waals surface area contributed by atoms with Crippen molar-refractivity contribution < 1.29 is 18.8 Å². The highest BCUT2D eigenvalue weighted by Gasteiger charge is 2.37. The summed E-state index contributed by atoms with van der Waals surface area (Å²) >= 11 is 0. The molecule has 9 atom stereocenters. The van der Waals surface area contributed by atoms with Gasteiger partial charge in [0.1, 0.15) is 0 Å². The Kier molecular flexibility index (Phi) is 10.6. The summed E-state index contributed by atoms with van der Waals surface area (Å²) in [6.45, 7) is 13.2. The first kappa shape index (κ1) is 40.6. The third-order valence-electron chi connectivity index (χ3n) is 12.3. The van der Waals surface area contributed by atoms with E-state index in [9.17, 15) is 24.6 Å². The molecule has 3 radical (unpaired) electrons. The molecule has 61 heavy (non-hydrogen) atoms. The van der Waals surface area contributed by atoms with E-state index in [4.69, 9.17) is 25.7 Å². The molecule has 25 heteroatoms. The van der Waals surface area contributed by atoms with E-state index in [1.54, 1.807) is 28.1 Å². The summed E-state index contributed by atoms with van der Waals surface area (Å²) in [7, 11) is 0.00202. The Morgan fingerprint density at radius 3 is 1.33 bits per heavy atom. The van der Waals surface area contributed by atoms with Crippen LogP contribution in [0.5, 0.6) is 0 Å². The molecule has 3 aliphatic rings. The number of fused-ring (bicyclic) bond motifs is 3. The molecule has 0 aliphatic heterocycles. The average Bonchev–Trinajstić information content (AvgIpc) is 4.07. The maximum atomic E-state index is 12.7. The van der Waals surface area contributed by atoms with Crippen LogP contribution in [0.3, 0.4) is 0 Å². The lowest BCUT2D eigenvalue weighted by atomic mass is 10.0. The van der Waals surface area contributed by atoms with Gasteiger partial charge in [0, 0.05) is 19.8 Å². The van der Waals surface area contributed by atoms with Gasteiger partial charge in [-0.3, -0.25) is 39.1 Å². The van der Waals surface area contributed by atoms with E-state index >= 15 is 0 Å². The third-order valence-corrected chi connectivity index (χ3v) is 16.4. The van der Waals surface area contributed by atoms with Crippen molar-refractivity contribution in [2.75, 3.05) is 37.0 Å². The number of aromatic nitrogens is 12. The van der Waals surface area contributed by atoms with Gasteiger partial charge in [0.05, 0.1) is 37.1 Å². The summed E-state index contributed by atoms with van der Waals surface area (Å²) in [5.74, 6) is -0.777. The Balaban J connectivity index is 0.920. The smallest absolute Gasteiger partial charge is 0.280 e. The first-order valence-corrected chi connectivity index (χ1v) is 22.3. The molecule has 9 rings (SSSR count). The lowest BCUT2D eigenvalue weighted by Gasteiger charge is -2.45. The number of hydrogen-bond acceptors (Lipinski definition) is 16. The largest absolute Gasteiger partial charge is 0.840 e. The zero-order valence-electron chi connectivity index (χ0n) is 32.5. The number of nitrogen functional groups attached to an aromatic ring is 3. The van der Waals surface area contributed by atoms with Crippen LogP contribution >= 0.6 is 0 Å². The summed E-state index contributed by atoms with van der Waals surface area (Å²) in [5.41, 5.74) is 20.1. The van der Waals surface area contributed by atoms with Gasteiger partial charge in [-0.25, -0.2) is 15.0 Å². The van der Waals surface area contributed by atoms with Crippen LogP contribution < -0.4 is 33.9 Å². The van der Waals surface area contributed by atoms with Gasteiger partial charge in [-0.1, -0.05) is 55.7 Å². The van der Waals surface area contributed by atoms with Crippen molar-refractivity contribution in [3.63, 3.8) is 0 Å². The minimum absolute atomic E-state index is 0.00628. The normalized spacial score (nSPS) is 26.9. The molecule has 6 heterocycles. The van der Waals surface area contributed by atoms with Crippen LogP contribution in [0.25, 0.3) is 33.5 Å². The van der Waals surface area contributed by atoms with Crippen LogP contribution in [0.2, 0.25) is 16.6 Å². The Morgan fingerprint density at radius 2 is 0.951 bits per heavy atom. The van der Waals surface area contributed by atoms with E-state index in [-0.39, 0.29) is 129 Å². The average molecular weight is 880 g/mol. The number of imidazole rings is 3. The zero-order chi connectivity index (χ0) is 42.9. The first-order valence-electron chi connectivity index (χ1n) is 19.4. The molecule has 0 unspecified atom stereocenters. The van der Waals surface area contributed by atoms with Gasteiger partial charge in [-0.05, 0) is 17.8 Å². The van der Waals surface area contributed by atoms with Gasteiger partial charge >= 0.3 is 0 Å². The SMILES string of the molecule is C=C1[C@H](CO)[C@@H]([Si-]OC[C@H]2C(=C)[C@@H](n3cnc4c(=O)[nH]c(N)nc43)C[C@@H]2[Si-]O[Si-][C@H]2C[C@H](n3cnc4c(=O)[nH]c(N)nc43)C(=C)[C@@H]2CO)C[C@@H]1n1cnc2c(=O)[nH]c(N)nc21. The molecule has 6 aromatic rings. The molecule has 3 aliphatic carbocycles. The van der Waals surface area contributed by atoms with Crippen LogP contribution in [0.4, 0.5) is 17.8 Å². The number of nitrogens with zero attached hydrogens (tertiary/aromatic N) is 9. The van der Waals surface area contributed by atoms with E-state index in [1.165, 1.54) is 0 Å². The van der Waals surface area contributed by atoms with Crippen LogP contribution in [0.1, 0.15) is 37.4 Å². The van der Waals surface area contributed by atoms with E-state index in [0.29, 0.717) is 42.8 Å². The number of anilines is 3. The fraction of sp³-hybridized carbons (Fsp3) is 0.417. The molecule has 0 aromatic carbocycles. The number of hydrogen-bond donors (Lipinski definition) is 8. The van der Waals surface area contributed by atoms with Gasteiger partial charge in [0.25, 0.3) is 16.7 Å². The number of aliphatic hydroxyl groups is 2. The lowest BCUT2D eigenvalue weighted by Crippen LogP contribution is -2.24. The van der Waals surface area contributed by atoms with Crippen LogP contribution in [-0.4, -0.2) is 118 Å². The summed E-state index contributed by atoms with van der Waals surface area (Å²) < 4.78 is 18.5. The molecule has 0 spiro atoms. The summed E-state index contributed by atoms with van der Waals surface area (Å²) in [4.78, 5) is 71.0. The van der Waals surface area contributed by atoms with E-state index in [0.717, 1.165) is 16.7 Å². The van der Waals surface area contributed by atoms with Gasteiger partial charge in [0.2, 0.25) is 17.8 Å². The minimum Gasteiger partial charge on any atom is -0.840 e. The number of aliphatic hydroxyl groups excluding tert-OH is 2. The second kappa shape index (κ2) is 15.9. The van der Waals surface area contributed by atoms with Crippen molar-refractivity contribution in [2.45, 2.75) is 54.0 Å². The monoisotopic (exact) mass is 879 g/mol. The quantitative estimate of drug-likeness (QED) is 0.0547. The minimum atomic E-state index is -0.442. The summed E-state index contributed by atoms with van der Waals surface area (Å²) in [6, 6.07) is -0.867. The van der Waals surface area contributed by atoms with Crippen LogP contribution in [-0.2, 0) is 8.54 Å². The van der Waals surface area contributed by atoms with Crippen molar-refractivity contribution in [3.8, 4) is 0 Å². The third kappa shape index (κ3) is 6.99. The zero-order valence-corrected chi connectivity index (χ0v) is 35.5. The number of nitrogens with one attached hydrogen (secondary N) is 3. The van der Waals surface area contributed by atoms with E-state index < -0.39 is 16.7 Å². The first-order chi connectivity index (χ1) is 29.4. The summed E-state index contributed by atoms with van der Waals surface area (Å²) in [5, 5.41) is 21.0. The van der Waals surface area contributed by atoms with Crippen molar-refractivity contribution in [1.82, 2.24) is 58.6 Å². The van der Waals surface area contributed by atoms with Gasteiger partial charge < -0.3 is 69.2 Å². The maximum absolute atomic E-state index is 12.7. The molecular weight excluding hydrogens is 839 g/mol. The van der Waals surface area contributed by atoms with Gasteiger partial charge in [-0.2, -0.15) is 31.6 Å². The Morgan fingerprint density at radius 1 is 0.607 bits per heavy atom.